The van der Waals surface area contributed by atoms with E-state index in [9.17, 15) is 22.4 Å². The molecule has 1 atom stereocenters. The summed E-state index contributed by atoms with van der Waals surface area (Å²) < 4.78 is 41.7. The van der Waals surface area contributed by atoms with Crippen molar-refractivity contribution in [1.29, 1.82) is 0 Å². The lowest BCUT2D eigenvalue weighted by Crippen LogP contribution is -2.52. The SMILES string of the molecule is Cc1cc(C)cc(N(CCCC(=O)N(Cc2ccccc2F)C(Cc2ccccc2)C(=O)NC2CCCC2)S(C)(=O)=O)c1. The van der Waals surface area contributed by atoms with Crippen LogP contribution in [0.25, 0.3) is 0 Å². The molecular formula is C34H42FN3O4S. The van der Waals surface area contributed by atoms with Crippen LogP contribution < -0.4 is 9.62 Å². The zero-order valence-corrected chi connectivity index (χ0v) is 26.1. The third kappa shape index (κ3) is 9.13. The Morgan fingerprint density at radius 3 is 2.21 bits per heavy atom. The van der Waals surface area contributed by atoms with Gasteiger partial charge < -0.3 is 10.2 Å². The first-order valence-electron chi connectivity index (χ1n) is 14.9. The molecule has 0 aliphatic heterocycles. The van der Waals surface area contributed by atoms with Crippen molar-refractivity contribution in [2.75, 3.05) is 17.1 Å². The molecule has 7 nitrogen and oxygen atoms in total. The first-order valence-corrected chi connectivity index (χ1v) is 16.8. The molecule has 4 rings (SSSR count). The van der Waals surface area contributed by atoms with E-state index < -0.39 is 21.9 Å². The van der Waals surface area contributed by atoms with Crippen LogP contribution in [0.4, 0.5) is 10.1 Å². The van der Waals surface area contributed by atoms with Gasteiger partial charge in [0.2, 0.25) is 21.8 Å². The van der Waals surface area contributed by atoms with Gasteiger partial charge in [-0.05, 0) is 68.0 Å². The van der Waals surface area contributed by atoms with E-state index in [4.69, 9.17) is 0 Å². The topological polar surface area (TPSA) is 86.8 Å². The summed E-state index contributed by atoms with van der Waals surface area (Å²) in [7, 11) is -3.61. The zero-order valence-electron chi connectivity index (χ0n) is 25.3. The average molecular weight is 608 g/mol. The van der Waals surface area contributed by atoms with Crippen LogP contribution in [0.2, 0.25) is 0 Å². The molecule has 1 unspecified atom stereocenters. The number of carbonyl (C=O) groups excluding carboxylic acids is 2. The first kappa shape index (κ1) is 32.2. The maximum Gasteiger partial charge on any atom is 0.243 e. The highest BCUT2D eigenvalue weighted by atomic mass is 32.2. The number of sulfonamides is 1. The molecule has 1 N–H and O–H groups in total. The molecule has 1 aliphatic rings. The van der Waals surface area contributed by atoms with E-state index in [0.717, 1.165) is 48.6 Å². The summed E-state index contributed by atoms with van der Waals surface area (Å²) >= 11 is 0. The van der Waals surface area contributed by atoms with Crippen molar-refractivity contribution in [1.82, 2.24) is 10.2 Å². The molecule has 0 spiro atoms. The number of halogens is 1. The van der Waals surface area contributed by atoms with Crippen molar-refractivity contribution < 1.29 is 22.4 Å². The van der Waals surface area contributed by atoms with Crippen molar-refractivity contribution in [3.05, 3.63) is 101 Å². The van der Waals surface area contributed by atoms with Crippen molar-refractivity contribution in [3.8, 4) is 0 Å². The van der Waals surface area contributed by atoms with E-state index in [2.05, 4.69) is 5.32 Å². The number of benzene rings is 3. The Morgan fingerprint density at radius 2 is 1.58 bits per heavy atom. The molecule has 0 bridgehead atoms. The average Bonchev–Trinajstić information content (AvgIpc) is 3.46. The maximum absolute atomic E-state index is 14.9. The number of rotatable bonds is 13. The van der Waals surface area contributed by atoms with Gasteiger partial charge >= 0.3 is 0 Å². The van der Waals surface area contributed by atoms with Gasteiger partial charge in [0, 0.05) is 37.5 Å². The molecule has 3 aromatic carbocycles. The number of hydrogen-bond donors (Lipinski definition) is 1. The monoisotopic (exact) mass is 607 g/mol. The first-order chi connectivity index (χ1) is 20.5. The Bertz CT molecular complexity index is 1490. The van der Waals surface area contributed by atoms with E-state index in [1.54, 1.807) is 18.2 Å². The van der Waals surface area contributed by atoms with E-state index in [1.807, 2.05) is 62.4 Å². The van der Waals surface area contributed by atoms with Crippen LogP contribution >= 0.6 is 0 Å². The molecule has 0 heterocycles. The Labute approximate surface area is 255 Å². The Morgan fingerprint density at radius 1 is 0.953 bits per heavy atom. The number of hydrogen-bond acceptors (Lipinski definition) is 4. The number of nitrogens with one attached hydrogen (secondary N) is 1. The van der Waals surface area contributed by atoms with Crippen LogP contribution in [0.3, 0.4) is 0 Å². The van der Waals surface area contributed by atoms with Crippen molar-refractivity contribution >= 4 is 27.5 Å². The lowest BCUT2D eigenvalue weighted by atomic mass is 10.0. The largest absolute Gasteiger partial charge is 0.352 e. The molecule has 1 fully saturated rings. The number of carbonyl (C=O) groups is 2. The fourth-order valence-corrected chi connectivity index (χ4v) is 6.78. The minimum absolute atomic E-state index is 0.00668. The summed E-state index contributed by atoms with van der Waals surface area (Å²) in [6, 6.07) is 20.5. The van der Waals surface area contributed by atoms with Gasteiger partial charge in [0.05, 0.1) is 11.9 Å². The van der Waals surface area contributed by atoms with Crippen LogP contribution in [-0.4, -0.2) is 50.0 Å². The van der Waals surface area contributed by atoms with E-state index in [-0.39, 0.29) is 50.2 Å². The molecule has 43 heavy (non-hydrogen) atoms. The number of aryl methyl sites for hydroxylation is 2. The predicted molar refractivity (Wildman–Crippen MR) is 169 cm³/mol. The summed E-state index contributed by atoms with van der Waals surface area (Å²) in [5.74, 6) is -1.04. The van der Waals surface area contributed by atoms with Gasteiger partial charge in [0.1, 0.15) is 11.9 Å². The summed E-state index contributed by atoms with van der Waals surface area (Å²) in [6.07, 6.45) is 5.53. The highest BCUT2D eigenvalue weighted by Crippen LogP contribution is 2.24. The van der Waals surface area contributed by atoms with Gasteiger partial charge in [-0.2, -0.15) is 0 Å². The summed E-state index contributed by atoms with van der Waals surface area (Å²) in [5.41, 5.74) is 3.63. The molecule has 1 saturated carbocycles. The van der Waals surface area contributed by atoms with Crippen LogP contribution in [-0.2, 0) is 32.6 Å². The van der Waals surface area contributed by atoms with E-state index in [0.29, 0.717) is 11.3 Å². The molecule has 2 amide bonds. The fourth-order valence-electron chi connectivity index (χ4n) is 5.83. The molecule has 230 valence electrons. The van der Waals surface area contributed by atoms with E-state index >= 15 is 0 Å². The second kappa shape index (κ2) is 14.6. The van der Waals surface area contributed by atoms with Crippen LogP contribution in [0.5, 0.6) is 0 Å². The standard InChI is InChI=1S/C34H42FN3O4S/c1-25-20-26(2)22-30(21-25)38(43(3,41)42)19-11-18-33(39)37(24-28-14-7-10-17-31(28)35)32(23-27-12-5-4-6-13-27)34(40)36-29-15-8-9-16-29/h4-7,10,12-14,17,20-22,29,32H,8-9,11,15-16,18-19,23-24H2,1-3H3,(H,36,40). The van der Waals surface area contributed by atoms with Crippen molar-refractivity contribution in [2.45, 2.75) is 77.4 Å². The van der Waals surface area contributed by atoms with Gasteiger partial charge in [0.25, 0.3) is 0 Å². The Balaban J connectivity index is 1.60. The molecule has 1 aliphatic carbocycles. The van der Waals surface area contributed by atoms with Crippen LogP contribution in [0.15, 0.2) is 72.8 Å². The number of anilines is 1. The fraction of sp³-hybridized carbons (Fsp3) is 0.412. The molecule has 0 aromatic heterocycles. The quantitative estimate of drug-likeness (QED) is 0.271. The van der Waals surface area contributed by atoms with Crippen LogP contribution in [0, 0.1) is 19.7 Å². The van der Waals surface area contributed by atoms with Gasteiger partial charge in [-0.25, -0.2) is 12.8 Å². The number of nitrogens with zero attached hydrogens (tertiary/aromatic N) is 2. The summed E-state index contributed by atoms with van der Waals surface area (Å²) in [6.45, 7) is 3.84. The second-order valence-corrected chi connectivity index (χ2v) is 13.5. The zero-order chi connectivity index (χ0) is 31.0. The maximum atomic E-state index is 14.9. The molecular weight excluding hydrogens is 565 g/mol. The predicted octanol–water partition coefficient (Wildman–Crippen LogP) is 5.69. The molecule has 9 heteroatoms. The van der Waals surface area contributed by atoms with Crippen molar-refractivity contribution in [3.63, 3.8) is 0 Å². The van der Waals surface area contributed by atoms with Crippen LogP contribution in [0.1, 0.15) is 60.8 Å². The Kier molecular flexibility index (Phi) is 11.0. The minimum Gasteiger partial charge on any atom is -0.352 e. The molecule has 0 saturated heterocycles. The minimum atomic E-state index is -3.61. The van der Waals surface area contributed by atoms with Crippen molar-refractivity contribution in [2.24, 2.45) is 0 Å². The Hall–Kier alpha value is -3.72. The van der Waals surface area contributed by atoms with Gasteiger partial charge in [-0.15, -0.1) is 0 Å². The highest BCUT2D eigenvalue weighted by Gasteiger charge is 2.32. The lowest BCUT2D eigenvalue weighted by Gasteiger charge is -2.33. The molecule has 3 aromatic rings. The summed E-state index contributed by atoms with van der Waals surface area (Å²) in [4.78, 5) is 29.2. The van der Waals surface area contributed by atoms with Gasteiger partial charge in [-0.1, -0.05) is 67.4 Å². The second-order valence-electron chi connectivity index (χ2n) is 11.6. The third-order valence-corrected chi connectivity index (χ3v) is 9.11. The van der Waals surface area contributed by atoms with Gasteiger partial charge in [-0.3, -0.25) is 13.9 Å². The van der Waals surface area contributed by atoms with E-state index in [1.165, 1.54) is 15.3 Å². The summed E-state index contributed by atoms with van der Waals surface area (Å²) in [5, 5.41) is 3.15. The third-order valence-electron chi connectivity index (χ3n) is 7.92. The molecule has 0 radical (unpaired) electrons. The highest BCUT2D eigenvalue weighted by molar-refractivity contribution is 7.92. The smallest absolute Gasteiger partial charge is 0.243 e. The lowest BCUT2D eigenvalue weighted by molar-refractivity contribution is -0.141. The normalized spacial score (nSPS) is 14.3. The van der Waals surface area contributed by atoms with Gasteiger partial charge in [0.15, 0.2) is 0 Å². The number of amides is 2.